The van der Waals surface area contributed by atoms with Crippen LogP contribution in [0.2, 0.25) is 0 Å². The van der Waals surface area contributed by atoms with E-state index in [0.29, 0.717) is 12.1 Å². The topological polar surface area (TPSA) is 74.9 Å². The van der Waals surface area contributed by atoms with Crippen molar-refractivity contribution in [3.8, 4) is 6.07 Å². The van der Waals surface area contributed by atoms with Gasteiger partial charge >= 0.3 is 0 Å². The van der Waals surface area contributed by atoms with Crippen LogP contribution in [0.15, 0.2) is 53.7 Å². The third-order valence-electron chi connectivity index (χ3n) is 2.59. The van der Waals surface area contributed by atoms with Crippen LogP contribution in [0, 0.1) is 11.3 Å². The number of hydrogen-bond donors (Lipinski definition) is 1. The molecular weight excluding hydrogens is 262 g/mol. The molecule has 98 valence electrons. The van der Waals surface area contributed by atoms with Gasteiger partial charge in [0, 0.05) is 18.9 Å². The van der Waals surface area contributed by atoms with Gasteiger partial charge in [-0.05, 0) is 30.3 Å². The highest BCUT2D eigenvalue weighted by molar-refractivity contribution is 7.91. The number of nitrogens with one attached hydrogen (secondary N) is 1. The third-order valence-corrected chi connectivity index (χ3v) is 4.31. The van der Waals surface area contributed by atoms with Crippen LogP contribution in [0.25, 0.3) is 0 Å². The minimum absolute atomic E-state index is 0.0277. The summed E-state index contributed by atoms with van der Waals surface area (Å²) in [7, 11) is -3.37. The Hall–Kier alpha value is -2.26. The van der Waals surface area contributed by atoms with E-state index in [0.717, 1.165) is 0 Å². The van der Waals surface area contributed by atoms with Gasteiger partial charge in [-0.15, -0.1) is 0 Å². The first-order chi connectivity index (χ1) is 9.12. The molecule has 0 atom stereocenters. The summed E-state index contributed by atoms with van der Waals surface area (Å²) < 4.78 is 25.8. The molecule has 0 aliphatic rings. The summed E-state index contributed by atoms with van der Waals surface area (Å²) in [6, 6.07) is 11.7. The van der Waals surface area contributed by atoms with E-state index in [2.05, 4.69) is 5.43 Å². The SMILES string of the molecule is N#Cc1cccc(S(=O)(=O)CCNn2cccc2)c1. The molecule has 0 unspecified atom stereocenters. The van der Waals surface area contributed by atoms with Gasteiger partial charge in [0.05, 0.1) is 22.3 Å². The maximum atomic E-state index is 12.1. The fourth-order valence-corrected chi connectivity index (χ4v) is 2.81. The Balaban J connectivity index is 2.03. The molecule has 0 aliphatic heterocycles. The van der Waals surface area contributed by atoms with E-state index in [1.165, 1.54) is 12.1 Å². The van der Waals surface area contributed by atoms with Crippen molar-refractivity contribution in [1.82, 2.24) is 4.68 Å². The second kappa shape index (κ2) is 5.59. The quantitative estimate of drug-likeness (QED) is 0.894. The molecule has 0 aliphatic carbocycles. The Bertz CT molecular complexity index is 685. The number of nitrogens with zero attached hydrogens (tertiary/aromatic N) is 2. The van der Waals surface area contributed by atoms with E-state index < -0.39 is 9.84 Å². The van der Waals surface area contributed by atoms with Gasteiger partial charge < -0.3 is 5.43 Å². The van der Waals surface area contributed by atoms with Crippen LogP contribution in [0.1, 0.15) is 5.56 Å². The first-order valence-electron chi connectivity index (χ1n) is 5.71. The van der Waals surface area contributed by atoms with Gasteiger partial charge in [-0.2, -0.15) is 5.26 Å². The van der Waals surface area contributed by atoms with Crippen molar-refractivity contribution in [2.75, 3.05) is 17.7 Å². The first-order valence-corrected chi connectivity index (χ1v) is 7.37. The number of rotatable bonds is 5. The first kappa shape index (κ1) is 13.2. The lowest BCUT2D eigenvalue weighted by atomic mass is 10.2. The van der Waals surface area contributed by atoms with Crippen molar-refractivity contribution >= 4 is 9.84 Å². The van der Waals surface area contributed by atoms with Crippen LogP contribution < -0.4 is 5.43 Å². The second-order valence-electron chi connectivity index (χ2n) is 3.96. The Kier molecular flexibility index (Phi) is 3.88. The minimum atomic E-state index is -3.37. The summed E-state index contributed by atoms with van der Waals surface area (Å²) in [6.07, 6.45) is 3.59. The highest BCUT2D eigenvalue weighted by Crippen LogP contribution is 2.12. The average molecular weight is 275 g/mol. The van der Waals surface area contributed by atoms with Crippen molar-refractivity contribution in [3.05, 3.63) is 54.4 Å². The molecule has 1 aromatic heterocycles. The summed E-state index contributed by atoms with van der Waals surface area (Å²) in [5.41, 5.74) is 3.30. The van der Waals surface area contributed by atoms with Crippen LogP contribution >= 0.6 is 0 Å². The normalized spacial score (nSPS) is 10.9. The van der Waals surface area contributed by atoms with E-state index in [1.807, 2.05) is 18.2 Å². The Labute approximate surface area is 112 Å². The van der Waals surface area contributed by atoms with Crippen LogP contribution in [-0.4, -0.2) is 25.4 Å². The number of sulfone groups is 1. The van der Waals surface area contributed by atoms with Gasteiger partial charge in [0.1, 0.15) is 0 Å². The molecule has 2 aromatic rings. The van der Waals surface area contributed by atoms with E-state index >= 15 is 0 Å². The van der Waals surface area contributed by atoms with Gasteiger partial charge in [-0.25, -0.2) is 8.42 Å². The molecule has 19 heavy (non-hydrogen) atoms. The third kappa shape index (κ3) is 3.36. The highest BCUT2D eigenvalue weighted by atomic mass is 32.2. The molecule has 0 amide bonds. The van der Waals surface area contributed by atoms with E-state index in [4.69, 9.17) is 5.26 Å². The molecule has 0 fully saturated rings. The molecule has 0 bridgehead atoms. The molecular formula is C13H13N3O2S. The van der Waals surface area contributed by atoms with Crippen LogP contribution in [-0.2, 0) is 9.84 Å². The van der Waals surface area contributed by atoms with Crippen molar-refractivity contribution < 1.29 is 8.42 Å². The molecule has 0 radical (unpaired) electrons. The molecule has 0 spiro atoms. The van der Waals surface area contributed by atoms with Gasteiger partial charge in [-0.3, -0.25) is 4.68 Å². The number of benzene rings is 1. The lowest BCUT2D eigenvalue weighted by molar-refractivity contribution is 0.595. The summed E-state index contributed by atoms with van der Waals surface area (Å²) in [6.45, 7) is 0.299. The zero-order valence-electron chi connectivity index (χ0n) is 10.2. The number of nitriles is 1. The molecule has 1 N–H and O–H groups in total. The van der Waals surface area contributed by atoms with Gasteiger partial charge in [0.25, 0.3) is 0 Å². The molecule has 1 heterocycles. The van der Waals surface area contributed by atoms with Crippen molar-refractivity contribution in [2.45, 2.75) is 4.90 Å². The summed E-state index contributed by atoms with van der Waals surface area (Å²) in [5.74, 6) is -0.0277. The largest absolute Gasteiger partial charge is 0.325 e. The van der Waals surface area contributed by atoms with Crippen LogP contribution in [0.5, 0.6) is 0 Å². The highest BCUT2D eigenvalue weighted by Gasteiger charge is 2.14. The van der Waals surface area contributed by atoms with Crippen molar-refractivity contribution in [1.29, 1.82) is 5.26 Å². The lowest BCUT2D eigenvalue weighted by Gasteiger charge is -2.08. The Morgan fingerprint density at radius 3 is 2.63 bits per heavy atom. The number of aromatic nitrogens is 1. The fraction of sp³-hybridized carbons (Fsp3) is 0.154. The van der Waals surface area contributed by atoms with E-state index in [9.17, 15) is 8.42 Å². The smallest absolute Gasteiger partial charge is 0.180 e. The van der Waals surface area contributed by atoms with Crippen molar-refractivity contribution in [3.63, 3.8) is 0 Å². The molecule has 6 heteroatoms. The average Bonchev–Trinajstić information content (AvgIpc) is 2.92. The molecule has 2 rings (SSSR count). The summed E-state index contributed by atoms with van der Waals surface area (Å²) in [5, 5.41) is 8.77. The lowest BCUT2D eigenvalue weighted by Crippen LogP contribution is -2.21. The maximum Gasteiger partial charge on any atom is 0.180 e. The zero-order chi connectivity index (χ0) is 13.7. The molecule has 0 saturated carbocycles. The molecule has 1 aromatic carbocycles. The summed E-state index contributed by atoms with van der Waals surface area (Å²) >= 11 is 0. The standard InChI is InChI=1S/C13H13N3O2S/c14-11-12-4-3-5-13(10-12)19(17,18)9-6-15-16-7-1-2-8-16/h1-5,7-8,10,15H,6,9H2. The molecule has 0 saturated heterocycles. The predicted octanol–water partition coefficient (Wildman–Crippen LogP) is 1.38. The second-order valence-corrected chi connectivity index (χ2v) is 6.07. The van der Waals surface area contributed by atoms with Crippen molar-refractivity contribution in [2.24, 2.45) is 0 Å². The van der Waals surface area contributed by atoms with E-state index in [-0.39, 0.29) is 10.6 Å². The summed E-state index contributed by atoms with van der Waals surface area (Å²) in [4.78, 5) is 0.181. The van der Waals surface area contributed by atoms with Crippen LogP contribution in [0.4, 0.5) is 0 Å². The zero-order valence-corrected chi connectivity index (χ0v) is 11.0. The fourth-order valence-electron chi connectivity index (χ4n) is 1.63. The Morgan fingerprint density at radius 1 is 1.21 bits per heavy atom. The van der Waals surface area contributed by atoms with Gasteiger partial charge in [0.2, 0.25) is 0 Å². The van der Waals surface area contributed by atoms with E-state index in [1.54, 1.807) is 29.2 Å². The van der Waals surface area contributed by atoms with Gasteiger partial charge in [-0.1, -0.05) is 6.07 Å². The maximum absolute atomic E-state index is 12.1. The van der Waals surface area contributed by atoms with Crippen LogP contribution in [0.3, 0.4) is 0 Å². The monoisotopic (exact) mass is 275 g/mol. The Morgan fingerprint density at radius 2 is 1.95 bits per heavy atom. The van der Waals surface area contributed by atoms with Gasteiger partial charge in [0.15, 0.2) is 9.84 Å². The predicted molar refractivity (Wildman–Crippen MR) is 71.9 cm³/mol. The minimum Gasteiger partial charge on any atom is -0.325 e. The molecule has 5 nitrogen and oxygen atoms in total. The number of hydrogen-bond acceptors (Lipinski definition) is 4.